The lowest BCUT2D eigenvalue weighted by molar-refractivity contribution is -0.111. The number of para-hydroxylation sites is 2. The van der Waals surface area contributed by atoms with Crippen LogP contribution in [-0.2, 0) is 11.3 Å². The quantitative estimate of drug-likeness (QED) is 0.429. The smallest absolute Gasteiger partial charge is 0.330 e. The summed E-state index contributed by atoms with van der Waals surface area (Å²) in [6, 6.07) is 11.6. The summed E-state index contributed by atoms with van der Waals surface area (Å²) in [5, 5.41) is 5.76. The Hall–Kier alpha value is -4.67. The number of nitrogens with one attached hydrogen (secondary N) is 2. The van der Waals surface area contributed by atoms with Crippen LogP contribution in [0.4, 0.5) is 38.0 Å². The van der Waals surface area contributed by atoms with Gasteiger partial charge in [0.25, 0.3) is 0 Å². The highest BCUT2D eigenvalue weighted by Gasteiger charge is 2.33. The molecule has 10 nitrogen and oxygen atoms in total. The Labute approximate surface area is 207 Å². The first-order valence-corrected chi connectivity index (χ1v) is 11.0. The lowest BCUT2D eigenvalue weighted by Gasteiger charge is -2.36. The van der Waals surface area contributed by atoms with Gasteiger partial charge in [-0.3, -0.25) is 14.6 Å². The largest absolute Gasteiger partial charge is 0.497 e. The van der Waals surface area contributed by atoms with Gasteiger partial charge in [-0.2, -0.15) is 4.98 Å². The van der Waals surface area contributed by atoms with E-state index in [0.29, 0.717) is 39.9 Å². The average Bonchev–Trinajstić information content (AvgIpc) is 2.90. The maximum Gasteiger partial charge on any atom is 0.330 e. The molecule has 1 aliphatic heterocycles. The zero-order valence-corrected chi connectivity index (χ0v) is 19.8. The molecule has 3 aromatic rings. The van der Waals surface area contributed by atoms with Crippen LogP contribution in [0.15, 0.2) is 61.3 Å². The van der Waals surface area contributed by atoms with Crippen molar-refractivity contribution in [2.75, 3.05) is 47.9 Å². The van der Waals surface area contributed by atoms with Gasteiger partial charge in [0.2, 0.25) is 11.9 Å². The van der Waals surface area contributed by atoms with E-state index in [2.05, 4.69) is 27.2 Å². The number of benzene rings is 2. The van der Waals surface area contributed by atoms with E-state index in [1.165, 1.54) is 24.0 Å². The third-order valence-electron chi connectivity index (χ3n) is 5.46. The molecule has 11 heteroatoms. The number of anilines is 5. The molecule has 0 unspecified atom stereocenters. The zero-order chi connectivity index (χ0) is 25.7. The molecule has 0 saturated heterocycles. The van der Waals surface area contributed by atoms with Crippen molar-refractivity contribution in [1.29, 1.82) is 0 Å². The van der Waals surface area contributed by atoms with Gasteiger partial charge in [-0.05, 0) is 18.2 Å². The minimum Gasteiger partial charge on any atom is -0.497 e. The second kappa shape index (κ2) is 10.7. The molecule has 4 rings (SSSR count). The van der Waals surface area contributed by atoms with Gasteiger partial charge in [0.15, 0.2) is 0 Å². The summed E-state index contributed by atoms with van der Waals surface area (Å²) in [4.78, 5) is 36.8. The molecule has 0 spiro atoms. The van der Waals surface area contributed by atoms with Gasteiger partial charge in [0.05, 0.1) is 44.4 Å². The van der Waals surface area contributed by atoms with Crippen LogP contribution in [0.3, 0.4) is 0 Å². The number of methoxy groups -OCH3 is 2. The van der Waals surface area contributed by atoms with Crippen LogP contribution in [0, 0.1) is 0 Å². The molecule has 2 heterocycles. The van der Waals surface area contributed by atoms with Crippen molar-refractivity contribution >= 4 is 40.8 Å². The number of halogens is 1. The summed E-state index contributed by atoms with van der Waals surface area (Å²) >= 11 is 0. The molecule has 0 radical (unpaired) electrons. The van der Waals surface area contributed by atoms with Crippen molar-refractivity contribution in [2.24, 2.45) is 0 Å². The summed E-state index contributed by atoms with van der Waals surface area (Å²) in [5.74, 6) is 1.14. The molecule has 0 fully saturated rings. The highest BCUT2D eigenvalue weighted by atomic mass is 19.1. The van der Waals surface area contributed by atoms with E-state index in [-0.39, 0.29) is 24.9 Å². The normalized spacial score (nSPS) is 12.6. The van der Waals surface area contributed by atoms with Crippen molar-refractivity contribution in [3.63, 3.8) is 0 Å². The molecule has 186 valence electrons. The highest BCUT2D eigenvalue weighted by molar-refractivity contribution is 6.06. The van der Waals surface area contributed by atoms with Crippen molar-refractivity contribution in [3.05, 3.63) is 66.9 Å². The van der Waals surface area contributed by atoms with Crippen LogP contribution in [-0.4, -0.2) is 49.3 Å². The summed E-state index contributed by atoms with van der Waals surface area (Å²) in [6.07, 6.45) is 2.74. The molecule has 36 heavy (non-hydrogen) atoms. The first kappa shape index (κ1) is 24.5. The monoisotopic (exact) mass is 492 g/mol. The number of carbonyl (C=O) groups excluding carboxylic acids is 2. The molecule has 0 aliphatic carbocycles. The third-order valence-corrected chi connectivity index (χ3v) is 5.46. The molecule has 1 aromatic heterocycles. The van der Waals surface area contributed by atoms with E-state index >= 15 is 0 Å². The Bertz CT molecular complexity index is 1280. The number of carbonyl (C=O) groups is 2. The molecule has 2 aromatic carbocycles. The fourth-order valence-electron chi connectivity index (χ4n) is 3.72. The number of amides is 3. The van der Waals surface area contributed by atoms with Gasteiger partial charge in [0.1, 0.15) is 24.0 Å². The molecular weight excluding hydrogens is 467 g/mol. The second-order valence-corrected chi connectivity index (χ2v) is 7.69. The summed E-state index contributed by atoms with van der Waals surface area (Å²) in [7, 11) is 3.04. The van der Waals surface area contributed by atoms with Gasteiger partial charge in [-0.15, -0.1) is 0 Å². The number of rotatable bonds is 9. The fraction of sp³-hybridized carbons (Fsp3) is 0.200. The number of aromatic nitrogens is 2. The van der Waals surface area contributed by atoms with Crippen LogP contribution in [0.5, 0.6) is 11.5 Å². The minimum atomic E-state index is -0.760. The van der Waals surface area contributed by atoms with Gasteiger partial charge in [0, 0.05) is 30.0 Å². The topological polar surface area (TPSA) is 109 Å². The fourth-order valence-corrected chi connectivity index (χ4v) is 3.72. The predicted molar refractivity (Wildman–Crippen MR) is 135 cm³/mol. The lowest BCUT2D eigenvalue weighted by Crippen LogP contribution is -2.48. The number of nitrogens with zero attached hydrogens (tertiary/aromatic N) is 4. The van der Waals surface area contributed by atoms with Crippen LogP contribution >= 0.6 is 0 Å². The van der Waals surface area contributed by atoms with Crippen LogP contribution in [0.1, 0.15) is 5.56 Å². The first-order chi connectivity index (χ1) is 17.5. The van der Waals surface area contributed by atoms with Crippen molar-refractivity contribution in [1.82, 2.24) is 9.97 Å². The Morgan fingerprint density at radius 1 is 1.17 bits per heavy atom. The first-order valence-electron chi connectivity index (χ1n) is 11.0. The Morgan fingerprint density at radius 3 is 2.50 bits per heavy atom. The predicted octanol–water partition coefficient (Wildman–Crippen LogP) is 4.28. The minimum absolute atomic E-state index is 0.166. The second-order valence-electron chi connectivity index (χ2n) is 7.69. The SMILES string of the molecule is C=CC(=O)Nc1ccccc1Nc1ncc2c(n1)N(CCF)C(=O)N(c1cc(OC)cc(OC)c1)C2. The zero-order valence-electron chi connectivity index (χ0n) is 19.8. The van der Waals surface area contributed by atoms with Gasteiger partial charge >= 0.3 is 6.03 Å². The van der Waals surface area contributed by atoms with Crippen LogP contribution in [0.25, 0.3) is 0 Å². The molecule has 0 saturated carbocycles. The van der Waals surface area contributed by atoms with E-state index in [4.69, 9.17) is 9.47 Å². The van der Waals surface area contributed by atoms with Gasteiger partial charge < -0.3 is 20.1 Å². The summed E-state index contributed by atoms with van der Waals surface area (Å²) in [6.45, 7) is 2.67. The number of alkyl halides is 1. The van der Waals surface area contributed by atoms with E-state index in [1.54, 1.807) is 48.7 Å². The average molecular weight is 493 g/mol. The van der Waals surface area contributed by atoms with E-state index in [1.807, 2.05) is 0 Å². The Kier molecular flexibility index (Phi) is 7.28. The summed E-state index contributed by atoms with van der Waals surface area (Å²) < 4.78 is 24.2. The maximum atomic E-state index is 13.5. The van der Waals surface area contributed by atoms with Crippen LogP contribution in [0.2, 0.25) is 0 Å². The van der Waals surface area contributed by atoms with Gasteiger partial charge in [-0.25, -0.2) is 14.2 Å². The van der Waals surface area contributed by atoms with E-state index in [0.717, 1.165) is 6.08 Å². The number of fused-ring (bicyclic) bond motifs is 1. The number of ether oxygens (including phenoxy) is 2. The molecule has 2 N–H and O–H groups in total. The standard InChI is InChI=1S/C25H25FN6O4/c1-4-22(33)28-20-7-5-6-8-21(20)29-24-27-14-16-15-32(25(34)31(10-9-26)23(16)30-24)17-11-18(35-2)13-19(12-17)36-3/h4-8,11-14H,1,9-10,15H2,2-3H3,(H,28,33)(H,27,29,30). The number of hydrogen-bond donors (Lipinski definition) is 2. The maximum absolute atomic E-state index is 13.5. The van der Waals surface area contributed by atoms with E-state index < -0.39 is 12.7 Å². The Balaban J connectivity index is 1.68. The summed E-state index contributed by atoms with van der Waals surface area (Å²) in [5.41, 5.74) is 2.19. The lowest BCUT2D eigenvalue weighted by atomic mass is 10.1. The Morgan fingerprint density at radius 2 is 1.86 bits per heavy atom. The van der Waals surface area contributed by atoms with Crippen molar-refractivity contribution in [2.45, 2.75) is 6.54 Å². The molecular formula is C25H25FN6O4. The number of urea groups is 1. The highest BCUT2D eigenvalue weighted by Crippen LogP contribution is 2.35. The third kappa shape index (κ3) is 5.04. The van der Waals surface area contributed by atoms with E-state index in [9.17, 15) is 14.0 Å². The van der Waals surface area contributed by atoms with Crippen LogP contribution < -0.4 is 29.9 Å². The van der Waals surface area contributed by atoms with Crippen molar-refractivity contribution in [3.8, 4) is 11.5 Å². The molecule has 0 atom stereocenters. The molecule has 0 bridgehead atoms. The molecule has 1 aliphatic rings. The number of hydrogen-bond acceptors (Lipinski definition) is 7. The molecule has 3 amide bonds. The van der Waals surface area contributed by atoms with Crippen molar-refractivity contribution < 1.29 is 23.5 Å². The van der Waals surface area contributed by atoms with Gasteiger partial charge in [-0.1, -0.05) is 18.7 Å².